The van der Waals surface area contributed by atoms with E-state index >= 15 is 0 Å². The van der Waals surface area contributed by atoms with E-state index in [1.165, 1.54) is 18.3 Å². The molecule has 21 heavy (non-hydrogen) atoms. The minimum atomic E-state index is -0.500. The first-order chi connectivity index (χ1) is 9.97. The molecule has 0 aliphatic carbocycles. The fraction of sp³-hybridized carbons (Fsp3) is 0. The van der Waals surface area contributed by atoms with Crippen molar-refractivity contribution in [2.24, 2.45) is 0 Å². The minimum absolute atomic E-state index is 0.0550. The predicted molar refractivity (Wildman–Crippen MR) is 83.2 cm³/mol. The van der Waals surface area contributed by atoms with E-state index in [0.717, 1.165) is 6.07 Å². The largest absolute Gasteiger partial charge is 0.360 e. The summed E-state index contributed by atoms with van der Waals surface area (Å²) in [7, 11) is 0. The molecule has 106 valence electrons. The Bertz CT molecular complexity index is 873. The van der Waals surface area contributed by atoms with Gasteiger partial charge in [-0.15, -0.1) is 0 Å². The van der Waals surface area contributed by atoms with Gasteiger partial charge in [-0.2, -0.15) is 0 Å². The second-order valence-electron chi connectivity index (χ2n) is 4.47. The fourth-order valence-electron chi connectivity index (χ4n) is 2.18. The van der Waals surface area contributed by atoms with Gasteiger partial charge in [0.05, 0.1) is 10.0 Å². The Balaban J connectivity index is 2.18. The fourth-order valence-corrected chi connectivity index (χ4v) is 3.03. The van der Waals surface area contributed by atoms with Gasteiger partial charge in [-0.05, 0) is 30.3 Å². The first-order valence-corrected chi connectivity index (χ1v) is 7.06. The lowest BCUT2D eigenvalue weighted by Gasteiger charge is -2.04. The Morgan fingerprint density at radius 3 is 2.48 bits per heavy atom. The summed E-state index contributed by atoms with van der Waals surface area (Å²) in [4.78, 5) is 15.5. The Hall–Kier alpha value is -1.55. The maximum absolute atomic E-state index is 13.1. The van der Waals surface area contributed by atoms with Crippen LogP contribution >= 0.6 is 34.8 Å². The molecule has 0 fully saturated rings. The van der Waals surface area contributed by atoms with Crippen LogP contribution in [0.25, 0.3) is 10.9 Å². The summed E-state index contributed by atoms with van der Waals surface area (Å²) in [5.41, 5.74) is 1.22. The molecule has 0 saturated carbocycles. The summed E-state index contributed by atoms with van der Waals surface area (Å²) in [6, 6.07) is 6.87. The van der Waals surface area contributed by atoms with Crippen molar-refractivity contribution in [3.63, 3.8) is 0 Å². The van der Waals surface area contributed by atoms with Crippen molar-refractivity contribution in [1.82, 2.24) is 4.98 Å². The summed E-state index contributed by atoms with van der Waals surface area (Å²) in [5, 5.41) is 1.44. The third kappa shape index (κ3) is 2.53. The number of hydrogen-bond donors (Lipinski definition) is 1. The van der Waals surface area contributed by atoms with Crippen LogP contribution in [0, 0.1) is 5.82 Å². The van der Waals surface area contributed by atoms with Crippen LogP contribution < -0.4 is 0 Å². The molecule has 3 rings (SSSR count). The summed E-state index contributed by atoms with van der Waals surface area (Å²) >= 11 is 18.0. The van der Waals surface area contributed by atoms with Gasteiger partial charge >= 0.3 is 0 Å². The molecule has 1 heterocycles. The van der Waals surface area contributed by atoms with Crippen LogP contribution in [0.2, 0.25) is 15.1 Å². The van der Waals surface area contributed by atoms with E-state index in [2.05, 4.69) is 4.98 Å². The SMILES string of the molecule is O=C(c1ccc(F)cc1Cl)c1c[nH]c2cc(Cl)cc(Cl)c12. The molecule has 0 saturated heterocycles. The third-order valence-corrected chi connectivity index (χ3v) is 3.95. The van der Waals surface area contributed by atoms with E-state index in [9.17, 15) is 9.18 Å². The Morgan fingerprint density at radius 1 is 1.00 bits per heavy atom. The summed E-state index contributed by atoms with van der Waals surface area (Å²) < 4.78 is 13.1. The molecule has 6 heteroatoms. The quantitative estimate of drug-likeness (QED) is 0.613. The maximum Gasteiger partial charge on any atom is 0.196 e. The Kier molecular flexibility index (Phi) is 3.66. The zero-order valence-corrected chi connectivity index (χ0v) is 12.7. The number of halogens is 4. The molecular weight excluding hydrogens is 336 g/mol. The van der Waals surface area contributed by atoms with Crippen LogP contribution in [0.15, 0.2) is 36.5 Å². The molecule has 0 aliphatic heterocycles. The molecule has 0 unspecified atom stereocenters. The maximum atomic E-state index is 13.1. The highest BCUT2D eigenvalue weighted by Crippen LogP contribution is 2.32. The lowest BCUT2D eigenvalue weighted by Crippen LogP contribution is -2.02. The highest BCUT2D eigenvalue weighted by atomic mass is 35.5. The average Bonchev–Trinajstić information content (AvgIpc) is 2.81. The van der Waals surface area contributed by atoms with E-state index < -0.39 is 5.82 Å². The van der Waals surface area contributed by atoms with Gasteiger partial charge in [-0.3, -0.25) is 4.79 Å². The van der Waals surface area contributed by atoms with Crippen molar-refractivity contribution in [3.05, 3.63) is 68.5 Å². The zero-order chi connectivity index (χ0) is 15.1. The van der Waals surface area contributed by atoms with Gasteiger partial charge in [0.1, 0.15) is 5.82 Å². The van der Waals surface area contributed by atoms with Gasteiger partial charge in [0.15, 0.2) is 5.78 Å². The van der Waals surface area contributed by atoms with Gasteiger partial charge in [-0.25, -0.2) is 4.39 Å². The molecule has 0 aliphatic rings. The van der Waals surface area contributed by atoms with Gasteiger partial charge in [0.2, 0.25) is 0 Å². The van der Waals surface area contributed by atoms with Gasteiger partial charge in [0, 0.05) is 33.2 Å². The van der Waals surface area contributed by atoms with Crippen molar-refractivity contribution < 1.29 is 9.18 Å². The Morgan fingerprint density at radius 2 is 1.76 bits per heavy atom. The van der Waals surface area contributed by atoms with Crippen LogP contribution in [0.1, 0.15) is 15.9 Å². The van der Waals surface area contributed by atoms with E-state index in [-0.39, 0.29) is 16.4 Å². The summed E-state index contributed by atoms with van der Waals surface area (Å²) in [5.74, 6) is -0.837. The van der Waals surface area contributed by atoms with Crippen molar-refractivity contribution >= 4 is 51.5 Å². The van der Waals surface area contributed by atoms with E-state index in [1.807, 2.05) is 0 Å². The Labute approximate surface area is 134 Å². The van der Waals surface area contributed by atoms with Crippen LogP contribution in [0.4, 0.5) is 4.39 Å². The highest BCUT2D eigenvalue weighted by molar-refractivity contribution is 6.41. The first kappa shape index (κ1) is 14.4. The van der Waals surface area contributed by atoms with Crippen molar-refractivity contribution in [2.45, 2.75) is 0 Å². The van der Waals surface area contributed by atoms with Gasteiger partial charge in [0.25, 0.3) is 0 Å². The number of aromatic amines is 1. The monoisotopic (exact) mass is 341 g/mol. The lowest BCUT2D eigenvalue weighted by molar-refractivity contribution is 0.104. The zero-order valence-electron chi connectivity index (χ0n) is 10.4. The van der Waals surface area contributed by atoms with Crippen molar-refractivity contribution in [3.8, 4) is 0 Å². The smallest absolute Gasteiger partial charge is 0.196 e. The number of hydrogen-bond acceptors (Lipinski definition) is 1. The van der Waals surface area contributed by atoms with Crippen LogP contribution in [0.3, 0.4) is 0 Å². The second-order valence-corrected chi connectivity index (χ2v) is 5.72. The first-order valence-electron chi connectivity index (χ1n) is 5.93. The van der Waals surface area contributed by atoms with Crippen molar-refractivity contribution in [2.75, 3.05) is 0 Å². The van der Waals surface area contributed by atoms with E-state index in [4.69, 9.17) is 34.8 Å². The average molecular weight is 343 g/mol. The lowest BCUT2D eigenvalue weighted by atomic mass is 10.0. The summed E-state index contributed by atoms with van der Waals surface area (Å²) in [6.45, 7) is 0. The topological polar surface area (TPSA) is 32.9 Å². The molecule has 1 aromatic heterocycles. The van der Waals surface area contributed by atoms with E-state index in [0.29, 0.717) is 26.5 Å². The second kappa shape index (κ2) is 5.34. The molecule has 2 nitrogen and oxygen atoms in total. The molecule has 3 aromatic rings. The number of carbonyl (C=O) groups excluding carboxylic acids is 1. The van der Waals surface area contributed by atoms with Gasteiger partial charge < -0.3 is 4.98 Å². The highest BCUT2D eigenvalue weighted by Gasteiger charge is 2.19. The standard InChI is InChI=1S/C15H7Cl3FNO/c16-7-3-12(18)14-10(6-20-13(14)4-7)15(21)9-2-1-8(19)5-11(9)17/h1-6,20H. The molecule has 0 bridgehead atoms. The number of nitrogens with one attached hydrogen (secondary N) is 1. The number of benzene rings is 2. The molecular formula is C15H7Cl3FNO. The van der Waals surface area contributed by atoms with E-state index in [1.54, 1.807) is 12.1 Å². The van der Waals surface area contributed by atoms with Gasteiger partial charge in [-0.1, -0.05) is 34.8 Å². The molecule has 0 amide bonds. The normalized spacial score (nSPS) is 11.0. The molecule has 1 N–H and O–H groups in total. The molecule has 0 spiro atoms. The van der Waals surface area contributed by atoms with Crippen LogP contribution in [0.5, 0.6) is 0 Å². The molecule has 0 atom stereocenters. The molecule has 0 radical (unpaired) electrons. The van der Waals surface area contributed by atoms with Crippen molar-refractivity contribution in [1.29, 1.82) is 0 Å². The predicted octanol–water partition coefficient (Wildman–Crippen LogP) is 5.50. The number of H-pyrrole nitrogens is 1. The van der Waals surface area contributed by atoms with Crippen LogP contribution in [-0.4, -0.2) is 10.8 Å². The van der Waals surface area contributed by atoms with Crippen LogP contribution in [-0.2, 0) is 0 Å². The minimum Gasteiger partial charge on any atom is -0.360 e. The summed E-state index contributed by atoms with van der Waals surface area (Å²) in [6.07, 6.45) is 1.54. The number of fused-ring (bicyclic) bond motifs is 1. The number of rotatable bonds is 2. The third-order valence-electron chi connectivity index (χ3n) is 3.12. The number of carbonyl (C=O) groups is 1. The number of aromatic nitrogens is 1. The number of ketones is 1. The molecule has 2 aromatic carbocycles.